The molecule has 1 atom stereocenters. The Bertz CT molecular complexity index is 1120. The maximum absolute atomic E-state index is 13.1. The van der Waals surface area contributed by atoms with Gasteiger partial charge in [0.25, 0.3) is 5.91 Å². The largest absolute Gasteiger partial charge is 0.449 e. The van der Waals surface area contributed by atoms with Crippen molar-refractivity contribution in [2.24, 2.45) is 0 Å². The molecule has 0 fully saturated rings. The van der Waals surface area contributed by atoms with Gasteiger partial charge in [-0.1, -0.05) is 50.2 Å². The summed E-state index contributed by atoms with van der Waals surface area (Å²) in [4.78, 5) is 30.6. The fraction of sp³-hybridized carbons (Fsp3) is 0.320. The first kappa shape index (κ1) is 20.1. The van der Waals surface area contributed by atoms with Crippen LogP contribution >= 0.6 is 0 Å². The number of benzene rings is 2. The van der Waals surface area contributed by atoms with Gasteiger partial charge in [0.15, 0.2) is 6.10 Å². The van der Waals surface area contributed by atoms with Crippen LogP contribution in [0.5, 0.6) is 0 Å². The summed E-state index contributed by atoms with van der Waals surface area (Å²) in [6.07, 6.45) is 1.73. The van der Waals surface area contributed by atoms with Crippen LogP contribution in [0.4, 0.5) is 5.69 Å². The fourth-order valence-electron chi connectivity index (χ4n) is 4.07. The summed E-state index contributed by atoms with van der Waals surface area (Å²) < 4.78 is 5.63. The van der Waals surface area contributed by atoms with Gasteiger partial charge in [0.1, 0.15) is 0 Å². The monoisotopic (exact) mass is 402 g/mol. The number of hydrogen-bond acceptors (Lipinski definition) is 4. The van der Waals surface area contributed by atoms with E-state index in [0.717, 1.165) is 52.7 Å². The number of pyridine rings is 1. The summed E-state index contributed by atoms with van der Waals surface area (Å²) in [5.41, 5.74) is 5.04. The number of aryl methyl sites for hydroxylation is 1. The molecule has 0 spiro atoms. The number of fused-ring (bicyclic) bond motifs is 2. The number of nitrogens with zero attached hydrogens (tertiary/aromatic N) is 1. The van der Waals surface area contributed by atoms with Crippen LogP contribution in [0, 0.1) is 0 Å². The van der Waals surface area contributed by atoms with Gasteiger partial charge < -0.3 is 10.1 Å². The Morgan fingerprint density at radius 3 is 2.53 bits per heavy atom. The second-order valence-corrected chi connectivity index (χ2v) is 8.06. The minimum Gasteiger partial charge on any atom is -0.449 e. The topological polar surface area (TPSA) is 68.3 Å². The molecule has 0 unspecified atom stereocenters. The summed E-state index contributed by atoms with van der Waals surface area (Å²) in [7, 11) is 0. The highest BCUT2D eigenvalue weighted by Gasteiger charge is 2.27. The molecule has 1 heterocycles. The van der Waals surface area contributed by atoms with Crippen LogP contribution in [-0.4, -0.2) is 23.0 Å². The van der Waals surface area contributed by atoms with Gasteiger partial charge in [0, 0.05) is 16.8 Å². The number of rotatable bonds is 5. The number of para-hydroxylation sites is 2. The lowest BCUT2D eigenvalue weighted by Gasteiger charge is -2.18. The second kappa shape index (κ2) is 8.27. The Morgan fingerprint density at radius 1 is 1.00 bits per heavy atom. The second-order valence-electron chi connectivity index (χ2n) is 8.06. The number of esters is 1. The maximum Gasteiger partial charge on any atom is 0.339 e. The molecular weight excluding hydrogens is 376 g/mol. The summed E-state index contributed by atoms with van der Waals surface area (Å²) in [5.74, 6) is -0.539. The third-order valence-electron chi connectivity index (χ3n) is 5.62. The first-order chi connectivity index (χ1) is 14.5. The molecule has 3 aromatic rings. The highest BCUT2D eigenvalue weighted by molar-refractivity contribution is 6.06. The molecule has 1 amide bonds. The van der Waals surface area contributed by atoms with Gasteiger partial charge in [-0.3, -0.25) is 9.78 Å². The van der Waals surface area contributed by atoms with Crippen LogP contribution < -0.4 is 5.32 Å². The lowest BCUT2D eigenvalue weighted by atomic mass is 10.0. The molecule has 0 aliphatic heterocycles. The van der Waals surface area contributed by atoms with Crippen LogP contribution in [0.1, 0.15) is 60.3 Å². The van der Waals surface area contributed by atoms with Crippen LogP contribution in [0.15, 0.2) is 48.5 Å². The van der Waals surface area contributed by atoms with Crippen molar-refractivity contribution in [3.8, 4) is 0 Å². The Balaban J connectivity index is 1.57. The van der Waals surface area contributed by atoms with Gasteiger partial charge in [-0.25, -0.2) is 4.79 Å². The minimum absolute atomic E-state index is 0.269. The fourth-order valence-corrected chi connectivity index (χ4v) is 4.07. The Morgan fingerprint density at radius 2 is 1.73 bits per heavy atom. The van der Waals surface area contributed by atoms with Crippen LogP contribution in [0.25, 0.3) is 10.9 Å². The van der Waals surface area contributed by atoms with Crippen LogP contribution in [-0.2, 0) is 22.4 Å². The number of carbonyl (C=O) groups is 2. The average Bonchev–Trinajstić information content (AvgIpc) is 3.19. The van der Waals surface area contributed by atoms with E-state index >= 15 is 0 Å². The molecule has 1 aromatic heterocycles. The average molecular weight is 402 g/mol. The van der Waals surface area contributed by atoms with Gasteiger partial charge in [0.05, 0.1) is 11.1 Å². The van der Waals surface area contributed by atoms with Crippen molar-refractivity contribution >= 4 is 28.5 Å². The first-order valence-electron chi connectivity index (χ1n) is 10.5. The molecule has 0 saturated carbocycles. The molecule has 0 saturated heterocycles. The number of aromatic nitrogens is 1. The van der Waals surface area contributed by atoms with Crippen molar-refractivity contribution in [2.45, 2.75) is 52.1 Å². The summed E-state index contributed by atoms with van der Waals surface area (Å²) in [6.45, 7) is 5.75. The van der Waals surface area contributed by atoms with Gasteiger partial charge in [-0.05, 0) is 55.4 Å². The van der Waals surface area contributed by atoms with Gasteiger partial charge in [0.2, 0.25) is 0 Å². The van der Waals surface area contributed by atoms with Gasteiger partial charge in [-0.2, -0.15) is 0 Å². The van der Waals surface area contributed by atoms with Crippen LogP contribution in [0.3, 0.4) is 0 Å². The lowest BCUT2D eigenvalue weighted by molar-refractivity contribution is -0.123. The number of hydrogen-bond donors (Lipinski definition) is 1. The van der Waals surface area contributed by atoms with E-state index in [4.69, 9.17) is 9.72 Å². The summed E-state index contributed by atoms with van der Waals surface area (Å²) in [6, 6.07) is 15.3. The van der Waals surface area contributed by atoms with Crippen molar-refractivity contribution in [2.75, 3.05) is 5.32 Å². The molecule has 154 valence electrons. The molecule has 30 heavy (non-hydrogen) atoms. The van der Waals surface area contributed by atoms with Gasteiger partial charge >= 0.3 is 5.97 Å². The van der Waals surface area contributed by atoms with E-state index in [-0.39, 0.29) is 11.8 Å². The van der Waals surface area contributed by atoms with Gasteiger partial charge in [-0.15, -0.1) is 0 Å². The van der Waals surface area contributed by atoms with E-state index < -0.39 is 12.1 Å². The number of carbonyl (C=O) groups excluding carboxylic acids is 2. The molecule has 5 nitrogen and oxygen atoms in total. The van der Waals surface area contributed by atoms with E-state index in [2.05, 4.69) is 19.2 Å². The molecule has 5 heteroatoms. The third-order valence-corrected chi connectivity index (χ3v) is 5.62. The zero-order valence-electron chi connectivity index (χ0n) is 17.6. The number of ether oxygens (including phenoxy) is 1. The normalized spacial score (nSPS) is 13.9. The Kier molecular flexibility index (Phi) is 5.53. The Labute approximate surface area is 176 Å². The molecule has 0 radical (unpaired) electrons. The number of nitrogens with one attached hydrogen (secondary N) is 1. The first-order valence-corrected chi connectivity index (χ1v) is 10.5. The SMILES string of the molecule is CC(C)c1ccccc1NC(=O)[C@@H](C)OC(=O)c1c2c(nc3ccccc13)CCC2. The van der Waals surface area contributed by atoms with E-state index in [0.29, 0.717) is 5.56 Å². The van der Waals surface area contributed by atoms with Crippen molar-refractivity contribution in [1.29, 1.82) is 0 Å². The standard InChI is InChI=1S/C25H26N2O3/c1-15(2)17-9-4-6-12-20(17)27-24(28)16(3)30-25(29)23-18-10-5-7-13-21(18)26-22-14-8-11-19(22)23/h4-7,9-10,12-13,15-16H,8,11,14H2,1-3H3,(H,27,28)/t16-/m1/s1. The minimum atomic E-state index is -0.915. The predicted molar refractivity (Wildman–Crippen MR) is 118 cm³/mol. The Hall–Kier alpha value is -3.21. The zero-order valence-corrected chi connectivity index (χ0v) is 17.6. The smallest absolute Gasteiger partial charge is 0.339 e. The predicted octanol–water partition coefficient (Wildman–Crippen LogP) is 5.03. The molecule has 1 N–H and O–H groups in total. The molecule has 0 bridgehead atoms. The molecule has 2 aromatic carbocycles. The molecule has 4 rings (SSSR count). The maximum atomic E-state index is 13.1. The molecule has 1 aliphatic rings. The van der Waals surface area contributed by atoms with E-state index in [1.807, 2.05) is 48.5 Å². The van der Waals surface area contributed by atoms with E-state index in [9.17, 15) is 9.59 Å². The summed E-state index contributed by atoms with van der Waals surface area (Å²) >= 11 is 0. The van der Waals surface area contributed by atoms with Crippen LogP contribution in [0.2, 0.25) is 0 Å². The lowest BCUT2D eigenvalue weighted by Crippen LogP contribution is -2.30. The number of anilines is 1. The molecule has 1 aliphatic carbocycles. The van der Waals surface area contributed by atoms with Crippen molar-refractivity contribution in [3.63, 3.8) is 0 Å². The third kappa shape index (κ3) is 3.80. The van der Waals surface area contributed by atoms with Crippen molar-refractivity contribution in [1.82, 2.24) is 4.98 Å². The van der Waals surface area contributed by atoms with Crippen molar-refractivity contribution in [3.05, 3.63) is 70.9 Å². The van der Waals surface area contributed by atoms with E-state index in [1.54, 1.807) is 6.92 Å². The zero-order chi connectivity index (χ0) is 21.3. The highest BCUT2D eigenvalue weighted by Crippen LogP contribution is 2.31. The quantitative estimate of drug-likeness (QED) is 0.608. The summed E-state index contributed by atoms with van der Waals surface area (Å²) in [5, 5.41) is 3.69. The molecular formula is C25H26N2O3. The van der Waals surface area contributed by atoms with Crippen molar-refractivity contribution < 1.29 is 14.3 Å². The van der Waals surface area contributed by atoms with E-state index in [1.165, 1.54) is 0 Å². The number of amides is 1. The highest BCUT2D eigenvalue weighted by atomic mass is 16.5.